The molecule has 0 aliphatic rings. The van der Waals surface area contributed by atoms with E-state index in [9.17, 15) is 0 Å². The van der Waals surface area contributed by atoms with Gasteiger partial charge in [0.1, 0.15) is 12.4 Å². The van der Waals surface area contributed by atoms with Crippen molar-refractivity contribution in [2.24, 2.45) is 5.92 Å². The minimum absolute atomic E-state index is 0.566. The Labute approximate surface area is 130 Å². The molecule has 0 atom stereocenters. The van der Waals surface area contributed by atoms with Gasteiger partial charge in [-0.15, -0.1) is 0 Å². The molecule has 0 amide bonds. The van der Waals surface area contributed by atoms with E-state index >= 15 is 0 Å². The lowest BCUT2D eigenvalue weighted by Gasteiger charge is -2.28. The maximum absolute atomic E-state index is 5.92. The minimum Gasteiger partial charge on any atom is -0.492 e. The van der Waals surface area contributed by atoms with Crippen LogP contribution in [-0.2, 0) is 6.54 Å². The van der Waals surface area contributed by atoms with Crippen molar-refractivity contribution >= 4 is 0 Å². The van der Waals surface area contributed by atoms with Gasteiger partial charge in [0.2, 0.25) is 0 Å². The van der Waals surface area contributed by atoms with Crippen molar-refractivity contribution in [1.82, 2.24) is 10.2 Å². The van der Waals surface area contributed by atoms with Gasteiger partial charge in [-0.05, 0) is 44.0 Å². The molecule has 0 bridgehead atoms. The third-order valence-electron chi connectivity index (χ3n) is 3.45. The molecule has 3 nitrogen and oxygen atoms in total. The van der Waals surface area contributed by atoms with Crippen LogP contribution in [0.25, 0.3) is 0 Å². The number of benzene rings is 1. The van der Waals surface area contributed by atoms with Gasteiger partial charge in [-0.25, -0.2) is 0 Å². The summed E-state index contributed by atoms with van der Waals surface area (Å²) in [6.07, 6.45) is 0. The van der Waals surface area contributed by atoms with Crippen molar-refractivity contribution in [2.75, 3.05) is 26.2 Å². The zero-order chi connectivity index (χ0) is 15.7. The van der Waals surface area contributed by atoms with Crippen LogP contribution in [0.3, 0.4) is 0 Å². The molecule has 0 fully saturated rings. The molecular formula is C18H32N2O. The van der Waals surface area contributed by atoms with E-state index in [2.05, 4.69) is 63.0 Å². The Balaban J connectivity index is 2.43. The number of rotatable bonds is 10. The second-order valence-corrected chi connectivity index (χ2v) is 6.26. The van der Waals surface area contributed by atoms with Crippen molar-refractivity contribution in [1.29, 1.82) is 0 Å². The van der Waals surface area contributed by atoms with Gasteiger partial charge in [0.15, 0.2) is 0 Å². The lowest BCUT2D eigenvalue weighted by Crippen LogP contribution is -2.37. The van der Waals surface area contributed by atoms with Crippen molar-refractivity contribution in [2.45, 2.75) is 47.2 Å². The highest BCUT2D eigenvalue weighted by atomic mass is 16.5. The van der Waals surface area contributed by atoms with Gasteiger partial charge >= 0.3 is 0 Å². The zero-order valence-electron chi connectivity index (χ0n) is 14.4. The van der Waals surface area contributed by atoms with E-state index in [1.165, 1.54) is 5.56 Å². The SMILES string of the molecule is CCNCc1cccc(OCCN(CC(C)C)C(C)C)c1. The molecule has 0 heterocycles. The average molecular weight is 292 g/mol. The molecule has 0 aromatic heterocycles. The molecule has 0 unspecified atom stereocenters. The second kappa shape index (κ2) is 9.80. The molecule has 3 heteroatoms. The fourth-order valence-electron chi connectivity index (χ4n) is 2.32. The predicted octanol–water partition coefficient (Wildman–Crippen LogP) is 3.54. The molecule has 120 valence electrons. The molecule has 1 rings (SSSR count). The van der Waals surface area contributed by atoms with Crippen LogP contribution in [0.15, 0.2) is 24.3 Å². The first kappa shape index (κ1) is 18.0. The fraction of sp³-hybridized carbons (Fsp3) is 0.667. The number of hydrogen-bond acceptors (Lipinski definition) is 3. The molecule has 21 heavy (non-hydrogen) atoms. The first-order chi connectivity index (χ1) is 10.0. The van der Waals surface area contributed by atoms with Gasteiger partial charge < -0.3 is 10.1 Å². The van der Waals surface area contributed by atoms with E-state index in [4.69, 9.17) is 4.74 Å². The van der Waals surface area contributed by atoms with Gasteiger partial charge in [-0.1, -0.05) is 32.9 Å². The second-order valence-electron chi connectivity index (χ2n) is 6.26. The smallest absolute Gasteiger partial charge is 0.119 e. The summed E-state index contributed by atoms with van der Waals surface area (Å²) in [6.45, 7) is 15.9. The van der Waals surface area contributed by atoms with Crippen molar-refractivity contribution in [3.05, 3.63) is 29.8 Å². The summed E-state index contributed by atoms with van der Waals surface area (Å²) in [5, 5.41) is 3.34. The molecule has 1 N–H and O–H groups in total. The minimum atomic E-state index is 0.566. The van der Waals surface area contributed by atoms with Crippen molar-refractivity contribution in [3.63, 3.8) is 0 Å². The van der Waals surface area contributed by atoms with E-state index in [1.807, 2.05) is 6.07 Å². The summed E-state index contributed by atoms with van der Waals surface area (Å²) in [5.41, 5.74) is 1.28. The summed E-state index contributed by atoms with van der Waals surface area (Å²) in [6, 6.07) is 8.93. The van der Waals surface area contributed by atoms with E-state index in [0.717, 1.165) is 38.5 Å². The van der Waals surface area contributed by atoms with Crippen LogP contribution in [0.1, 0.15) is 40.2 Å². The lowest BCUT2D eigenvalue weighted by atomic mass is 10.2. The standard InChI is InChI=1S/C18H32N2O/c1-6-19-13-17-8-7-9-18(12-17)21-11-10-20(16(4)5)14-15(2)3/h7-9,12,15-16,19H,6,10-11,13-14H2,1-5H3. The van der Waals surface area contributed by atoms with E-state index in [-0.39, 0.29) is 0 Å². The highest BCUT2D eigenvalue weighted by molar-refractivity contribution is 5.28. The van der Waals surface area contributed by atoms with Crippen molar-refractivity contribution < 1.29 is 4.74 Å². The Kier molecular flexibility index (Phi) is 8.40. The van der Waals surface area contributed by atoms with Crippen LogP contribution >= 0.6 is 0 Å². The third kappa shape index (κ3) is 7.49. The average Bonchev–Trinajstić information content (AvgIpc) is 2.44. The summed E-state index contributed by atoms with van der Waals surface area (Å²) in [5.74, 6) is 1.66. The van der Waals surface area contributed by atoms with Gasteiger partial charge in [-0.2, -0.15) is 0 Å². The van der Waals surface area contributed by atoms with Crippen LogP contribution in [0.4, 0.5) is 0 Å². The number of ether oxygens (including phenoxy) is 1. The van der Waals surface area contributed by atoms with Crippen LogP contribution < -0.4 is 10.1 Å². The van der Waals surface area contributed by atoms with Gasteiger partial charge in [-0.3, -0.25) is 4.90 Å². The number of nitrogens with one attached hydrogen (secondary N) is 1. The molecule has 0 aliphatic heterocycles. The van der Waals surface area contributed by atoms with Crippen LogP contribution in [0.5, 0.6) is 5.75 Å². The van der Waals surface area contributed by atoms with Gasteiger partial charge in [0.25, 0.3) is 0 Å². The molecule has 1 aromatic rings. The molecule has 0 spiro atoms. The summed E-state index contributed by atoms with van der Waals surface area (Å²) in [4.78, 5) is 2.48. The van der Waals surface area contributed by atoms with Gasteiger partial charge in [0, 0.05) is 25.7 Å². The molecule has 1 aromatic carbocycles. The summed E-state index contributed by atoms with van der Waals surface area (Å²) < 4.78 is 5.92. The number of nitrogens with zero attached hydrogens (tertiary/aromatic N) is 1. The third-order valence-corrected chi connectivity index (χ3v) is 3.45. The molecular weight excluding hydrogens is 260 g/mol. The Morgan fingerprint density at radius 3 is 2.57 bits per heavy atom. The first-order valence-electron chi connectivity index (χ1n) is 8.19. The van der Waals surface area contributed by atoms with E-state index < -0.39 is 0 Å². The molecule has 0 aliphatic carbocycles. The van der Waals surface area contributed by atoms with Crippen LogP contribution in [0, 0.1) is 5.92 Å². The highest BCUT2D eigenvalue weighted by Crippen LogP contribution is 2.13. The fourth-order valence-corrected chi connectivity index (χ4v) is 2.32. The molecule has 0 radical (unpaired) electrons. The maximum atomic E-state index is 5.92. The quantitative estimate of drug-likeness (QED) is 0.714. The zero-order valence-corrected chi connectivity index (χ0v) is 14.4. The highest BCUT2D eigenvalue weighted by Gasteiger charge is 2.11. The maximum Gasteiger partial charge on any atom is 0.119 e. The summed E-state index contributed by atoms with van der Waals surface area (Å²) >= 11 is 0. The van der Waals surface area contributed by atoms with Gasteiger partial charge in [0.05, 0.1) is 0 Å². The monoisotopic (exact) mass is 292 g/mol. The molecule has 0 saturated heterocycles. The van der Waals surface area contributed by atoms with Crippen molar-refractivity contribution in [3.8, 4) is 5.75 Å². The van der Waals surface area contributed by atoms with E-state index in [1.54, 1.807) is 0 Å². The number of hydrogen-bond donors (Lipinski definition) is 1. The first-order valence-corrected chi connectivity index (χ1v) is 8.19. The normalized spacial score (nSPS) is 11.6. The Bertz CT molecular complexity index is 391. The topological polar surface area (TPSA) is 24.5 Å². The largest absolute Gasteiger partial charge is 0.492 e. The lowest BCUT2D eigenvalue weighted by molar-refractivity contribution is 0.160. The molecule has 0 saturated carbocycles. The van der Waals surface area contributed by atoms with Crippen LogP contribution in [0.2, 0.25) is 0 Å². The van der Waals surface area contributed by atoms with Crippen LogP contribution in [-0.4, -0.2) is 37.2 Å². The predicted molar refractivity (Wildman–Crippen MR) is 90.9 cm³/mol. The van der Waals surface area contributed by atoms with E-state index in [0.29, 0.717) is 12.0 Å². The Morgan fingerprint density at radius 2 is 1.95 bits per heavy atom. The summed E-state index contributed by atoms with van der Waals surface area (Å²) in [7, 11) is 0. The Hall–Kier alpha value is -1.06. The Morgan fingerprint density at radius 1 is 1.19 bits per heavy atom.